The average molecular weight is 453 g/mol. The van der Waals surface area contributed by atoms with Gasteiger partial charge in [-0.2, -0.15) is 0 Å². The molecular formula is C24H24N2O3S2. The third-order valence-electron chi connectivity index (χ3n) is 4.88. The van der Waals surface area contributed by atoms with E-state index in [0.717, 1.165) is 33.1 Å². The minimum Gasteiger partial charge on any atom is -0.497 e. The normalized spacial score (nSPS) is 11.5. The highest BCUT2D eigenvalue weighted by atomic mass is 32.2. The molecule has 0 radical (unpaired) electrons. The zero-order valence-corrected chi connectivity index (χ0v) is 19.0. The van der Waals surface area contributed by atoms with Crippen molar-refractivity contribution in [2.75, 3.05) is 12.0 Å². The van der Waals surface area contributed by atoms with E-state index in [9.17, 15) is 9.90 Å². The number of carbonyl (C=O) groups is 1. The van der Waals surface area contributed by atoms with Gasteiger partial charge in [0, 0.05) is 16.3 Å². The Labute approximate surface area is 191 Å². The van der Waals surface area contributed by atoms with E-state index in [1.807, 2.05) is 72.8 Å². The number of nitrogens with two attached hydrogens (primary N) is 1. The van der Waals surface area contributed by atoms with Crippen molar-refractivity contribution < 1.29 is 14.6 Å². The Balaban J connectivity index is 2.00. The molecule has 0 aliphatic carbocycles. The highest BCUT2D eigenvalue weighted by Gasteiger charge is 2.20. The summed E-state index contributed by atoms with van der Waals surface area (Å²) in [6, 6.07) is 23.1. The lowest BCUT2D eigenvalue weighted by atomic mass is 10.0. The van der Waals surface area contributed by atoms with Crippen molar-refractivity contribution in [2.24, 2.45) is 5.73 Å². The van der Waals surface area contributed by atoms with Crippen LogP contribution in [0.5, 0.6) is 5.75 Å². The first-order valence-electron chi connectivity index (χ1n) is 9.67. The second-order valence-electron chi connectivity index (χ2n) is 6.93. The number of para-hydroxylation sites is 1. The molecule has 160 valence electrons. The molecule has 5 nitrogen and oxygen atoms in total. The monoisotopic (exact) mass is 452 g/mol. The number of hydrogen-bond acceptors (Lipinski definition) is 4. The summed E-state index contributed by atoms with van der Waals surface area (Å²) in [5, 5.41) is 9.68. The summed E-state index contributed by atoms with van der Waals surface area (Å²) in [6.07, 6.45) is 0. The van der Waals surface area contributed by atoms with Crippen molar-refractivity contribution in [1.29, 1.82) is 0 Å². The molecule has 3 rings (SSSR count). The van der Waals surface area contributed by atoms with Crippen LogP contribution in [0.25, 0.3) is 0 Å². The summed E-state index contributed by atoms with van der Waals surface area (Å²) in [4.78, 5) is 14.2. The topological polar surface area (TPSA) is 75.8 Å². The Morgan fingerprint density at radius 2 is 1.81 bits per heavy atom. The van der Waals surface area contributed by atoms with E-state index < -0.39 is 11.9 Å². The molecule has 1 atom stereocenters. The number of rotatable bonds is 8. The second-order valence-corrected chi connectivity index (χ2v) is 8.37. The lowest BCUT2D eigenvalue weighted by Gasteiger charge is -2.26. The molecule has 0 spiro atoms. The Kier molecular flexibility index (Phi) is 7.55. The molecule has 7 heteroatoms. The smallest absolute Gasteiger partial charge is 0.310 e. The van der Waals surface area contributed by atoms with Crippen LogP contribution in [-0.4, -0.2) is 23.3 Å². The Hall–Kier alpha value is -3.03. The molecule has 3 N–H and O–H groups in total. The predicted molar refractivity (Wildman–Crippen MR) is 130 cm³/mol. The minimum absolute atomic E-state index is 0.219. The van der Waals surface area contributed by atoms with Crippen LogP contribution in [0.4, 0.5) is 11.4 Å². The molecule has 0 aliphatic rings. The molecule has 3 aromatic carbocycles. The second kappa shape index (κ2) is 10.3. The van der Waals surface area contributed by atoms with Crippen LogP contribution in [0.3, 0.4) is 0 Å². The summed E-state index contributed by atoms with van der Waals surface area (Å²) >= 11 is 6.97. The maximum Gasteiger partial charge on any atom is 0.310 e. The number of hydrogen-bond donors (Lipinski definition) is 2. The van der Waals surface area contributed by atoms with Gasteiger partial charge in [0.2, 0.25) is 0 Å². The first-order chi connectivity index (χ1) is 14.9. The van der Waals surface area contributed by atoms with Gasteiger partial charge in [-0.1, -0.05) is 36.4 Å². The fourth-order valence-electron chi connectivity index (χ4n) is 3.09. The van der Waals surface area contributed by atoms with E-state index in [2.05, 4.69) is 0 Å². The molecule has 0 fully saturated rings. The maximum absolute atomic E-state index is 11.5. The molecule has 1 unspecified atom stereocenters. The molecule has 0 saturated carbocycles. The Bertz CT molecular complexity index is 1060. The van der Waals surface area contributed by atoms with Gasteiger partial charge < -0.3 is 15.6 Å². The van der Waals surface area contributed by atoms with Crippen LogP contribution in [-0.2, 0) is 10.5 Å². The number of carboxylic acids is 1. The van der Waals surface area contributed by atoms with Crippen LogP contribution < -0.4 is 15.4 Å². The quantitative estimate of drug-likeness (QED) is 0.342. The van der Waals surface area contributed by atoms with Crippen molar-refractivity contribution in [3.05, 3.63) is 83.9 Å². The average Bonchev–Trinajstić information content (AvgIpc) is 2.78. The summed E-state index contributed by atoms with van der Waals surface area (Å²) in [5.41, 5.74) is 9.61. The number of anilines is 2. The minimum atomic E-state index is -0.867. The first-order valence-corrected chi connectivity index (χ1v) is 11.1. The fraction of sp³-hybridized carbons (Fsp3) is 0.167. The highest BCUT2D eigenvalue weighted by Crippen LogP contribution is 2.38. The van der Waals surface area contributed by atoms with Gasteiger partial charge in [0.15, 0.2) is 5.11 Å². The number of benzene rings is 3. The van der Waals surface area contributed by atoms with Crippen LogP contribution in [0, 0.1) is 0 Å². The van der Waals surface area contributed by atoms with Crippen molar-refractivity contribution in [1.82, 2.24) is 0 Å². The van der Waals surface area contributed by atoms with E-state index in [1.165, 1.54) is 0 Å². The summed E-state index contributed by atoms with van der Waals surface area (Å²) < 4.78 is 5.23. The molecule has 3 aromatic rings. The molecule has 31 heavy (non-hydrogen) atoms. The summed E-state index contributed by atoms with van der Waals surface area (Å²) in [7, 11) is 1.64. The van der Waals surface area contributed by atoms with Crippen molar-refractivity contribution in [3.8, 4) is 5.75 Å². The van der Waals surface area contributed by atoms with Crippen LogP contribution in [0.2, 0.25) is 0 Å². The molecule has 0 amide bonds. The standard InChI is InChI=1S/C24H24N2O3S2/c1-16(23(27)28)18-10-13-21(26(24(25)30)19-6-4-3-5-7-19)22(14-18)31-15-17-8-11-20(29-2)12-9-17/h3-14,16H,15H2,1-2H3,(H2,25,30)(H,27,28). The van der Waals surface area contributed by atoms with Crippen LogP contribution in [0.1, 0.15) is 24.0 Å². The largest absolute Gasteiger partial charge is 0.497 e. The van der Waals surface area contributed by atoms with Crippen LogP contribution in [0.15, 0.2) is 77.7 Å². The fourth-order valence-corrected chi connectivity index (χ4v) is 4.33. The van der Waals surface area contributed by atoms with Gasteiger partial charge in [-0.15, -0.1) is 11.8 Å². The number of carboxylic acid groups (broad SMARTS) is 1. The zero-order valence-electron chi connectivity index (χ0n) is 17.3. The molecule has 0 aliphatic heterocycles. The molecule has 0 bridgehead atoms. The number of aliphatic carboxylic acids is 1. The van der Waals surface area contributed by atoms with Gasteiger partial charge >= 0.3 is 5.97 Å². The Morgan fingerprint density at radius 1 is 1.13 bits per heavy atom. The third-order valence-corrected chi connectivity index (χ3v) is 6.18. The number of nitrogens with zero attached hydrogens (tertiary/aromatic N) is 1. The van der Waals surface area contributed by atoms with E-state index >= 15 is 0 Å². The number of methoxy groups -OCH3 is 1. The lowest BCUT2D eigenvalue weighted by Crippen LogP contribution is -2.31. The van der Waals surface area contributed by atoms with Crippen molar-refractivity contribution in [2.45, 2.75) is 23.5 Å². The number of ether oxygens (including phenoxy) is 1. The zero-order chi connectivity index (χ0) is 22.4. The molecule has 0 saturated heterocycles. The van der Waals surface area contributed by atoms with E-state index in [4.69, 9.17) is 22.7 Å². The number of thioether (sulfide) groups is 1. The molecular weight excluding hydrogens is 428 g/mol. The summed E-state index contributed by atoms with van der Waals surface area (Å²) in [6.45, 7) is 1.68. The van der Waals surface area contributed by atoms with Gasteiger partial charge in [0.05, 0.1) is 18.7 Å². The predicted octanol–water partition coefficient (Wildman–Crippen LogP) is 5.56. The van der Waals surface area contributed by atoms with E-state index in [-0.39, 0.29) is 5.11 Å². The van der Waals surface area contributed by atoms with E-state index in [1.54, 1.807) is 30.7 Å². The Morgan fingerprint density at radius 3 is 2.39 bits per heavy atom. The van der Waals surface area contributed by atoms with E-state index in [0.29, 0.717) is 5.75 Å². The van der Waals surface area contributed by atoms with Crippen LogP contribution >= 0.6 is 24.0 Å². The number of thiocarbonyl (C=S) groups is 1. The first kappa shape index (κ1) is 22.7. The van der Waals surface area contributed by atoms with Crippen molar-refractivity contribution in [3.63, 3.8) is 0 Å². The third kappa shape index (κ3) is 5.57. The molecule has 0 aromatic heterocycles. The SMILES string of the molecule is COc1ccc(CSc2cc(C(C)C(=O)O)ccc2N(C(N)=S)c2ccccc2)cc1. The lowest BCUT2D eigenvalue weighted by molar-refractivity contribution is -0.138. The maximum atomic E-state index is 11.5. The summed E-state index contributed by atoms with van der Waals surface area (Å²) in [5.74, 6) is 0.00922. The molecule has 0 heterocycles. The van der Waals surface area contributed by atoms with Gasteiger partial charge in [0.1, 0.15) is 5.75 Å². The van der Waals surface area contributed by atoms with Gasteiger partial charge in [-0.3, -0.25) is 9.69 Å². The van der Waals surface area contributed by atoms with Gasteiger partial charge in [0.25, 0.3) is 0 Å². The van der Waals surface area contributed by atoms with Gasteiger partial charge in [-0.05, 0) is 66.7 Å². The highest BCUT2D eigenvalue weighted by molar-refractivity contribution is 7.98. The van der Waals surface area contributed by atoms with Crippen molar-refractivity contribution >= 4 is 46.4 Å². The van der Waals surface area contributed by atoms with Gasteiger partial charge in [-0.25, -0.2) is 0 Å².